The Morgan fingerprint density at radius 3 is 2.10 bits per heavy atom. The Labute approximate surface area is 122 Å². The van der Waals surface area contributed by atoms with Gasteiger partial charge in [0.25, 0.3) is 5.78 Å². The topological polar surface area (TPSA) is 61.8 Å². The van der Waals surface area contributed by atoms with Crippen molar-refractivity contribution in [2.75, 3.05) is 13.2 Å². The van der Waals surface area contributed by atoms with Crippen molar-refractivity contribution in [3.05, 3.63) is 66.2 Å². The van der Waals surface area contributed by atoms with Gasteiger partial charge in [0.2, 0.25) is 0 Å². The number of ether oxygens (including phenoxy) is 1. The third-order valence-corrected chi connectivity index (χ3v) is 2.53. The first kappa shape index (κ1) is 14.7. The summed E-state index contributed by atoms with van der Waals surface area (Å²) >= 11 is 0. The van der Waals surface area contributed by atoms with Crippen LogP contribution in [0.4, 0.5) is 0 Å². The summed E-state index contributed by atoms with van der Waals surface area (Å²) in [5, 5.41) is 0. The maximum atomic E-state index is 11.6. The molecule has 0 amide bonds. The van der Waals surface area contributed by atoms with Crippen molar-refractivity contribution in [1.82, 2.24) is 0 Å². The molecule has 0 spiro atoms. The lowest BCUT2D eigenvalue weighted by molar-refractivity contribution is -0.268. The summed E-state index contributed by atoms with van der Waals surface area (Å²) in [4.78, 5) is 32.2. The van der Waals surface area contributed by atoms with Crippen LogP contribution in [0.2, 0.25) is 0 Å². The van der Waals surface area contributed by atoms with Crippen molar-refractivity contribution in [3.8, 4) is 5.75 Å². The molecular formula is C16H14O5. The second kappa shape index (κ2) is 7.81. The minimum absolute atomic E-state index is 0.0305. The highest BCUT2D eigenvalue weighted by Crippen LogP contribution is 2.07. The van der Waals surface area contributed by atoms with E-state index < -0.39 is 11.8 Å². The standard InChI is InChI=1S/C16H14O5/c17-15(13-7-3-1-4-8-13)16(18)21-20-12-11-19-14-9-5-2-6-10-14/h1-10H,11-12H2. The number of carbonyl (C=O) groups excluding carboxylic acids is 2. The molecular weight excluding hydrogens is 272 g/mol. The van der Waals surface area contributed by atoms with Crippen molar-refractivity contribution in [2.24, 2.45) is 0 Å². The van der Waals surface area contributed by atoms with Gasteiger partial charge in [-0.25, -0.2) is 4.79 Å². The Balaban J connectivity index is 1.67. The minimum atomic E-state index is -1.05. The highest BCUT2D eigenvalue weighted by molar-refractivity contribution is 6.40. The first-order valence-electron chi connectivity index (χ1n) is 6.38. The van der Waals surface area contributed by atoms with Crippen LogP contribution < -0.4 is 4.74 Å². The van der Waals surface area contributed by atoms with Gasteiger partial charge in [-0.15, -0.1) is 0 Å². The molecule has 2 rings (SSSR count). The molecule has 0 aliphatic carbocycles. The van der Waals surface area contributed by atoms with Crippen LogP contribution in [0.5, 0.6) is 5.75 Å². The van der Waals surface area contributed by atoms with Crippen LogP contribution >= 0.6 is 0 Å². The molecule has 0 fully saturated rings. The van der Waals surface area contributed by atoms with Crippen molar-refractivity contribution in [3.63, 3.8) is 0 Å². The summed E-state index contributed by atoms with van der Waals surface area (Å²) in [5.41, 5.74) is 0.256. The Bertz CT molecular complexity index is 580. The molecule has 0 aliphatic rings. The molecule has 2 aromatic rings. The average Bonchev–Trinajstić information content (AvgIpc) is 2.55. The molecule has 108 valence electrons. The molecule has 5 heteroatoms. The molecule has 0 radical (unpaired) electrons. The molecule has 5 nitrogen and oxygen atoms in total. The first-order valence-corrected chi connectivity index (χ1v) is 6.38. The molecule has 0 atom stereocenters. The third kappa shape index (κ3) is 4.74. The summed E-state index contributed by atoms with van der Waals surface area (Å²) in [7, 11) is 0. The largest absolute Gasteiger partial charge is 0.491 e. The lowest BCUT2D eigenvalue weighted by Crippen LogP contribution is -2.19. The highest BCUT2D eigenvalue weighted by atomic mass is 17.2. The fourth-order valence-corrected chi connectivity index (χ4v) is 1.55. The Kier molecular flexibility index (Phi) is 5.49. The summed E-state index contributed by atoms with van der Waals surface area (Å²) in [5.74, 6) is -1.12. The molecule has 0 N–H and O–H groups in total. The monoisotopic (exact) mass is 286 g/mol. The number of hydrogen-bond acceptors (Lipinski definition) is 5. The van der Waals surface area contributed by atoms with E-state index in [1.54, 1.807) is 30.3 Å². The van der Waals surface area contributed by atoms with E-state index in [0.29, 0.717) is 5.75 Å². The molecule has 0 aromatic heterocycles. The summed E-state index contributed by atoms with van der Waals surface area (Å²) in [6.45, 7) is 0.236. The summed E-state index contributed by atoms with van der Waals surface area (Å²) in [6, 6.07) is 17.3. The fourth-order valence-electron chi connectivity index (χ4n) is 1.55. The van der Waals surface area contributed by atoms with Gasteiger partial charge in [0.1, 0.15) is 19.0 Å². The van der Waals surface area contributed by atoms with Crippen LogP contribution in [0.3, 0.4) is 0 Å². The number of para-hydroxylation sites is 1. The van der Waals surface area contributed by atoms with Gasteiger partial charge in [-0.3, -0.25) is 9.68 Å². The van der Waals surface area contributed by atoms with Crippen molar-refractivity contribution < 1.29 is 24.1 Å². The molecule has 21 heavy (non-hydrogen) atoms. The highest BCUT2D eigenvalue weighted by Gasteiger charge is 2.18. The van der Waals surface area contributed by atoms with Gasteiger partial charge < -0.3 is 4.74 Å². The van der Waals surface area contributed by atoms with Crippen LogP contribution in [-0.4, -0.2) is 25.0 Å². The number of rotatable bonds is 7. The minimum Gasteiger partial charge on any atom is -0.491 e. The smallest absolute Gasteiger partial charge is 0.413 e. The van der Waals surface area contributed by atoms with Crippen molar-refractivity contribution >= 4 is 11.8 Å². The fraction of sp³-hybridized carbons (Fsp3) is 0.125. The van der Waals surface area contributed by atoms with Gasteiger partial charge in [-0.05, 0) is 12.1 Å². The van der Waals surface area contributed by atoms with Crippen LogP contribution in [0.25, 0.3) is 0 Å². The number of ketones is 1. The predicted octanol–water partition coefficient (Wildman–Crippen LogP) is 2.42. The quantitative estimate of drug-likeness (QED) is 0.257. The van der Waals surface area contributed by atoms with Crippen LogP contribution in [0.1, 0.15) is 10.4 Å². The van der Waals surface area contributed by atoms with Crippen molar-refractivity contribution in [2.45, 2.75) is 0 Å². The van der Waals surface area contributed by atoms with Crippen LogP contribution in [0, 0.1) is 0 Å². The van der Waals surface area contributed by atoms with E-state index in [-0.39, 0.29) is 18.8 Å². The van der Waals surface area contributed by atoms with Gasteiger partial charge in [0, 0.05) is 5.56 Å². The zero-order valence-corrected chi connectivity index (χ0v) is 11.2. The molecule has 0 saturated heterocycles. The molecule has 0 unspecified atom stereocenters. The third-order valence-electron chi connectivity index (χ3n) is 2.53. The lowest BCUT2D eigenvalue weighted by atomic mass is 10.1. The SMILES string of the molecule is O=C(OOCCOc1ccccc1)C(=O)c1ccccc1. The van der Waals surface area contributed by atoms with E-state index in [9.17, 15) is 9.59 Å². The molecule has 0 saturated carbocycles. The maximum Gasteiger partial charge on any atom is 0.413 e. The van der Waals surface area contributed by atoms with E-state index in [0.717, 1.165) is 0 Å². The molecule has 2 aromatic carbocycles. The van der Waals surface area contributed by atoms with E-state index in [1.165, 1.54) is 12.1 Å². The lowest BCUT2D eigenvalue weighted by Gasteiger charge is -2.05. The van der Waals surface area contributed by atoms with Gasteiger partial charge in [-0.2, -0.15) is 4.89 Å². The zero-order valence-electron chi connectivity index (χ0n) is 11.2. The summed E-state index contributed by atoms with van der Waals surface area (Å²) < 4.78 is 5.33. The Hall–Kier alpha value is -2.66. The van der Waals surface area contributed by atoms with Gasteiger partial charge >= 0.3 is 5.97 Å². The van der Waals surface area contributed by atoms with Gasteiger partial charge in [-0.1, -0.05) is 48.5 Å². The molecule has 0 heterocycles. The van der Waals surface area contributed by atoms with Crippen LogP contribution in [0.15, 0.2) is 60.7 Å². The number of carbonyl (C=O) groups is 2. The first-order chi connectivity index (χ1) is 10.3. The number of benzene rings is 2. The van der Waals surface area contributed by atoms with E-state index in [2.05, 4.69) is 9.78 Å². The average molecular weight is 286 g/mol. The zero-order chi connectivity index (χ0) is 14.9. The normalized spacial score (nSPS) is 9.90. The molecule has 0 aliphatic heterocycles. The van der Waals surface area contributed by atoms with E-state index >= 15 is 0 Å². The summed E-state index contributed by atoms with van der Waals surface area (Å²) in [6.07, 6.45) is 0. The Morgan fingerprint density at radius 2 is 1.43 bits per heavy atom. The van der Waals surface area contributed by atoms with E-state index in [1.807, 2.05) is 18.2 Å². The second-order valence-electron chi connectivity index (χ2n) is 4.05. The molecule has 0 bridgehead atoms. The van der Waals surface area contributed by atoms with E-state index in [4.69, 9.17) is 4.74 Å². The predicted molar refractivity (Wildman–Crippen MR) is 74.8 cm³/mol. The number of hydrogen-bond donors (Lipinski definition) is 0. The van der Waals surface area contributed by atoms with Gasteiger partial charge in [0.05, 0.1) is 0 Å². The van der Waals surface area contributed by atoms with Crippen LogP contribution in [-0.2, 0) is 14.6 Å². The van der Waals surface area contributed by atoms with Crippen molar-refractivity contribution in [1.29, 1.82) is 0 Å². The van der Waals surface area contributed by atoms with Gasteiger partial charge in [0.15, 0.2) is 0 Å². The second-order valence-corrected chi connectivity index (χ2v) is 4.05. The Morgan fingerprint density at radius 1 is 0.810 bits per heavy atom. The number of Topliss-reactive ketones (excluding diaryl/α,β-unsaturated/α-hetero) is 1. The maximum absolute atomic E-state index is 11.6.